The summed E-state index contributed by atoms with van der Waals surface area (Å²) in [4.78, 5) is 4.85. The third-order valence-corrected chi connectivity index (χ3v) is 8.21. The van der Waals surface area contributed by atoms with Gasteiger partial charge in [-0.25, -0.2) is 0 Å². The zero-order valence-electron chi connectivity index (χ0n) is 20.5. The van der Waals surface area contributed by atoms with Crippen LogP contribution in [-0.4, -0.2) is 6.71 Å². The molecular formula is C34H21BN2O. The Labute approximate surface area is 221 Å². The van der Waals surface area contributed by atoms with E-state index in [1.54, 1.807) is 0 Å². The third kappa shape index (κ3) is 2.49. The van der Waals surface area contributed by atoms with E-state index in [4.69, 9.17) is 4.74 Å². The molecule has 38 heavy (non-hydrogen) atoms. The monoisotopic (exact) mass is 484 g/mol. The molecule has 0 saturated carbocycles. The van der Waals surface area contributed by atoms with E-state index in [1.807, 2.05) is 0 Å². The Kier molecular flexibility index (Phi) is 3.87. The molecule has 3 heterocycles. The van der Waals surface area contributed by atoms with Crippen molar-refractivity contribution in [1.29, 1.82) is 0 Å². The van der Waals surface area contributed by atoms with E-state index in [-0.39, 0.29) is 6.71 Å². The van der Waals surface area contributed by atoms with E-state index in [1.165, 1.54) is 44.5 Å². The number of fused-ring (bicyclic) bond motifs is 8. The van der Waals surface area contributed by atoms with Crippen molar-refractivity contribution in [2.45, 2.75) is 0 Å². The van der Waals surface area contributed by atoms with Crippen molar-refractivity contribution in [1.82, 2.24) is 0 Å². The topological polar surface area (TPSA) is 15.7 Å². The van der Waals surface area contributed by atoms with Crippen molar-refractivity contribution < 1.29 is 4.74 Å². The van der Waals surface area contributed by atoms with Crippen LogP contribution in [0, 0.1) is 0 Å². The molecule has 6 aromatic carbocycles. The van der Waals surface area contributed by atoms with Gasteiger partial charge in [0.2, 0.25) is 0 Å². The minimum Gasteiger partial charge on any atom is -0.452 e. The lowest BCUT2D eigenvalue weighted by molar-refractivity contribution is 0.483. The van der Waals surface area contributed by atoms with Crippen LogP contribution in [0.5, 0.6) is 11.5 Å². The highest BCUT2D eigenvalue weighted by molar-refractivity contribution is 7.00. The van der Waals surface area contributed by atoms with Gasteiger partial charge in [0.1, 0.15) is 0 Å². The first kappa shape index (κ1) is 20.1. The molecule has 0 fully saturated rings. The molecule has 0 unspecified atom stereocenters. The number of benzene rings is 6. The lowest BCUT2D eigenvalue weighted by Gasteiger charge is -2.45. The molecule has 0 N–H and O–H groups in total. The zero-order valence-corrected chi connectivity index (χ0v) is 20.5. The second kappa shape index (κ2) is 7.30. The van der Waals surface area contributed by atoms with Crippen molar-refractivity contribution >= 4 is 68.0 Å². The van der Waals surface area contributed by atoms with Crippen LogP contribution in [0.4, 0.5) is 34.1 Å². The van der Waals surface area contributed by atoms with Crippen LogP contribution in [-0.2, 0) is 0 Å². The molecule has 3 nitrogen and oxygen atoms in total. The van der Waals surface area contributed by atoms with Gasteiger partial charge in [0.15, 0.2) is 11.5 Å². The van der Waals surface area contributed by atoms with E-state index in [2.05, 4.69) is 137 Å². The van der Waals surface area contributed by atoms with Gasteiger partial charge in [0.05, 0.1) is 11.4 Å². The smallest absolute Gasteiger partial charge is 0.252 e. The fourth-order valence-electron chi connectivity index (χ4n) is 6.72. The predicted molar refractivity (Wildman–Crippen MR) is 158 cm³/mol. The maximum Gasteiger partial charge on any atom is 0.252 e. The summed E-state index contributed by atoms with van der Waals surface area (Å²) in [6.07, 6.45) is 0. The average Bonchev–Trinajstić information content (AvgIpc) is 2.98. The van der Waals surface area contributed by atoms with Crippen LogP contribution in [0.1, 0.15) is 0 Å². The Balaban J connectivity index is 1.39. The maximum absolute atomic E-state index is 6.72. The Morgan fingerprint density at radius 3 is 2.13 bits per heavy atom. The molecule has 176 valence electrons. The minimum atomic E-state index is 0.120. The number of ether oxygens (including phenoxy) is 1. The van der Waals surface area contributed by atoms with Gasteiger partial charge >= 0.3 is 0 Å². The van der Waals surface area contributed by atoms with Gasteiger partial charge in [0, 0.05) is 28.1 Å². The average molecular weight is 484 g/mol. The highest BCUT2D eigenvalue weighted by Gasteiger charge is 2.45. The van der Waals surface area contributed by atoms with Gasteiger partial charge in [0.25, 0.3) is 6.71 Å². The van der Waals surface area contributed by atoms with Gasteiger partial charge in [-0.3, -0.25) is 0 Å². The highest BCUT2D eigenvalue weighted by atomic mass is 16.5. The summed E-state index contributed by atoms with van der Waals surface area (Å²) in [6.45, 7) is 0.120. The Hall–Kier alpha value is -4.96. The fraction of sp³-hybridized carbons (Fsp3) is 0. The van der Waals surface area contributed by atoms with E-state index in [0.29, 0.717) is 0 Å². The summed E-state index contributed by atoms with van der Waals surface area (Å²) in [6, 6.07) is 45.7. The molecule has 4 heteroatoms. The van der Waals surface area contributed by atoms with Crippen LogP contribution >= 0.6 is 0 Å². The number of anilines is 6. The van der Waals surface area contributed by atoms with Crippen LogP contribution < -0.4 is 30.9 Å². The molecule has 6 aromatic rings. The van der Waals surface area contributed by atoms with Crippen molar-refractivity contribution in [3.8, 4) is 11.5 Å². The van der Waals surface area contributed by atoms with Crippen molar-refractivity contribution in [2.24, 2.45) is 0 Å². The maximum atomic E-state index is 6.72. The molecule has 3 aliphatic heterocycles. The van der Waals surface area contributed by atoms with Gasteiger partial charge in [-0.05, 0) is 64.2 Å². The standard InChI is InChI=1S/C34H21BN2O/c1-2-11-23(12-3-1)36-27-16-7-6-14-25(27)35-26-15-8-19-31-33(26)37(29-18-9-17-28(36)32(29)35)30-21-20-22-10-4-5-13-24(22)34(30)38-31/h1-21H. The second-order valence-electron chi connectivity index (χ2n) is 10.1. The summed E-state index contributed by atoms with van der Waals surface area (Å²) >= 11 is 0. The Morgan fingerprint density at radius 1 is 0.500 bits per heavy atom. The van der Waals surface area contributed by atoms with Crippen molar-refractivity contribution in [2.75, 3.05) is 9.80 Å². The van der Waals surface area contributed by atoms with Crippen molar-refractivity contribution in [3.05, 3.63) is 127 Å². The molecule has 0 amide bonds. The molecule has 3 aliphatic rings. The van der Waals surface area contributed by atoms with Crippen molar-refractivity contribution in [3.63, 3.8) is 0 Å². The van der Waals surface area contributed by atoms with Gasteiger partial charge in [-0.2, -0.15) is 0 Å². The fourth-order valence-corrected chi connectivity index (χ4v) is 6.72. The zero-order chi connectivity index (χ0) is 24.8. The molecule has 0 spiro atoms. The normalized spacial score (nSPS) is 13.8. The van der Waals surface area contributed by atoms with E-state index in [0.717, 1.165) is 28.3 Å². The first-order valence-electron chi connectivity index (χ1n) is 13.1. The Morgan fingerprint density at radius 2 is 1.21 bits per heavy atom. The molecule has 0 saturated heterocycles. The van der Waals surface area contributed by atoms with E-state index < -0.39 is 0 Å². The molecular weight excluding hydrogens is 463 g/mol. The van der Waals surface area contributed by atoms with Crippen LogP contribution in [0.2, 0.25) is 0 Å². The van der Waals surface area contributed by atoms with Crippen LogP contribution in [0.3, 0.4) is 0 Å². The van der Waals surface area contributed by atoms with Gasteiger partial charge in [-0.15, -0.1) is 0 Å². The third-order valence-electron chi connectivity index (χ3n) is 8.21. The summed E-state index contributed by atoms with van der Waals surface area (Å²) in [5.74, 6) is 1.82. The second-order valence-corrected chi connectivity index (χ2v) is 10.1. The quantitative estimate of drug-likeness (QED) is 0.233. The lowest BCUT2D eigenvalue weighted by atomic mass is 9.33. The van der Waals surface area contributed by atoms with E-state index in [9.17, 15) is 0 Å². The van der Waals surface area contributed by atoms with Crippen LogP contribution in [0.15, 0.2) is 127 Å². The Bertz CT molecular complexity index is 1930. The van der Waals surface area contributed by atoms with Gasteiger partial charge in [-0.1, -0.05) is 84.9 Å². The largest absolute Gasteiger partial charge is 0.452 e. The highest BCUT2D eigenvalue weighted by Crippen LogP contribution is 2.54. The first-order valence-corrected chi connectivity index (χ1v) is 13.1. The molecule has 0 aromatic heterocycles. The lowest BCUT2D eigenvalue weighted by Crippen LogP contribution is -2.61. The SMILES string of the molecule is c1ccc(N2c3ccccc3B3c4cccc5c4N(c4cccc2c43)c2ccc3ccccc3c2O5)cc1. The number of nitrogens with zero attached hydrogens (tertiary/aromatic N) is 2. The summed E-state index contributed by atoms with van der Waals surface area (Å²) in [5, 5.41) is 2.31. The first-order chi connectivity index (χ1) is 18.9. The number of rotatable bonds is 1. The molecule has 0 atom stereocenters. The number of hydrogen-bond acceptors (Lipinski definition) is 3. The number of para-hydroxylation sites is 3. The number of hydrogen-bond donors (Lipinski definition) is 0. The molecule has 9 rings (SSSR count). The summed E-state index contributed by atoms with van der Waals surface area (Å²) in [7, 11) is 0. The van der Waals surface area contributed by atoms with Crippen LogP contribution in [0.25, 0.3) is 10.8 Å². The summed E-state index contributed by atoms with van der Waals surface area (Å²) < 4.78 is 6.72. The molecule has 0 radical (unpaired) electrons. The minimum absolute atomic E-state index is 0.120. The molecule has 0 bridgehead atoms. The summed E-state index contributed by atoms with van der Waals surface area (Å²) in [5.41, 5.74) is 11.0. The molecule has 0 aliphatic carbocycles. The predicted octanol–water partition coefficient (Wildman–Crippen LogP) is 7.03. The van der Waals surface area contributed by atoms with E-state index >= 15 is 0 Å². The van der Waals surface area contributed by atoms with Gasteiger partial charge < -0.3 is 14.5 Å².